The van der Waals surface area contributed by atoms with E-state index in [-0.39, 0.29) is 24.8 Å². The van der Waals surface area contributed by atoms with Crippen LogP contribution >= 0.6 is 24.8 Å². The van der Waals surface area contributed by atoms with Crippen LogP contribution in [0.3, 0.4) is 0 Å². The van der Waals surface area contributed by atoms with Crippen LogP contribution in [0.1, 0.15) is 18.0 Å². The predicted octanol–water partition coefficient (Wildman–Crippen LogP) is 4.21. The van der Waals surface area contributed by atoms with Gasteiger partial charge in [0.15, 0.2) is 0 Å². The Morgan fingerprint density at radius 3 is 2.42 bits per heavy atom. The number of nitrogens with one attached hydrogen (secondary N) is 1. The molecule has 1 saturated heterocycles. The summed E-state index contributed by atoms with van der Waals surface area (Å²) in [5, 5.41) is 5.90. The Hall–Kier alpha value is -1.26. The van der Waals surface area contributed by atoms with Crippen molar-refractivity contribution in [2.24, 2.45) is 0 Å². The molecule has 2 aromatic rings. The van der Waals surface area contributed by atoms with Crippen LogP contribution in [-0.4, -0.2) is 38.2 Å². The van der Waals surface area contributed by atoms with Crippen LogP contribution in [0.25, 0.3) is 10.8 Å². The number of ether oxygens (including phenoxy) is 1. The number of halogens is 2. The molecule has 0 unspecified atom stereocenters. The smallest absolute Gasteiger partial charge is 0.126 e. The average molecular weight is 369 g/mol. The van der Waals surface area contributed by atoms with Crippen LogP contribution in [0, 0.1) is 0 Å². The first-order valence-electron chi connectivity index (χ1n) is 7.96. The van der Waals surface area contributed by atoms with Gasteiger partial charge in [-0.05, 0) is 23.4 Å². The molecule has 0 aliphatic carbocycles. The summed E-state index contributed by atoms with van der Waals surface area (Å²) in [5.74, 6) is 0.942. The van der Waals surface area contributed by atoms with E-state index in [1.54, 1.807) is 7.11 Å². The molecule has 0 aromatic heterocycles. The molecule has 1 aliphatic heterocycles. The second kappa shape index (κ2) is 9.90. The molecule has 132 valence electrons. The third-order valence-corrected chi connectivity index (χ3v) is 4.48. The maximum atomic E-state index is 5.52. The first-order chi connectivity index (χ1) is 10.8. The molecule has 0 amide bonds. The monoisotopic (exact) mass is 368 g/mol. The Kier molecular flexibility index (Phi) is 8.57. The fraction of sp³-hybridized carbons (Fsp3) is 0.368. The van der Waals surface area contributed by atoms with E-state index in [1.165, 1.54) is 16.3 Å². The molecule has 1 heterocycles. The first kappa shape index (κ1) is 20.8. The number of piperazine rings is 1. The standard InChI is InChI=1S/C19H24N2O.2ClH/c1-3-6-18(21-13-11-20-12-14-21)16-9-10-19(22-2)17-8-5-4-7-15(16)17;;/h3-5,7-10,18,20H,1,6,11-14H2,2H3;2*1H/t18-;;/m1../s1. The van der Waals surface area contributed by atoms with Gasteiger partial charge in [0.2, 0.25) is 0 Å². The number of rotatable bonds is 5. The number of methoxy groups -OCH3 is 1. The highest BCUT2D eigenvalue weighted by Crippen LogP contribution is 2.35. The van der Waals surface area contributed by atoms with Crippen LogP contribution in [0.2, 0.25) is 0 Å². The van der Waals surface area contributed by atoms with Gasteiger partial charge in [0, 0.05) is 37.6 Å². The highest BCUT2D eigenvalue weighted by molar-refractivity contribution is 5.91. The molecular formula is C19H26Cl2N2O. The van der Waals surface area contributed by atoms with Gasteiger partial charge in [-0.15, -0.1) is 31.4 Å². The van der Waals surface area contributed by atoms with Crippen LogP contribution in [0.4, 0.5) is 0 Å². The van der Waals surface area contributed by atoms with Crippen molar-refractivity contribution in [3.05, 3.63) is 54.6 Å². The van der Waals surface area contributed by atoms with Crippen molar-refractivity contribution >= 4 is 35.6 Å². The van der Waals surface area contributed by atoms with Crippen molar-refractivity contribution in [2.45, 2.75) is 12.5 Å². The molecule has 5 heteroatoms. The lowest BCUT2D eigenvalue weighted by molar-refractivity contribution is 0.175. The summed E-state index contributed by atoms with van der Waals surface area (Å²) < 4.78 is 5.52. The van der Waals surface area contributed by atoms with Crippen molar-refractivity contribution in [1.82, 2.24) is 10.2 Å². The minimum atomic E-state index is 0. The van der Waals surface area contributed by atoms with Crippen molar-refractivity contribution in [2.75, 3.05) is 33.3 Å². The Morgan fingerprint density at radius 2 is 1.79 bits per heavy atom. The molecule has 0 radical (unpaired) electrons. The van der Waals surface area contributed by atoms with Gasteiger partial charge in [-0.25, -0.2) is 0 Å². The second-order valence-corrected chi connectivity index (χ2v) is 5.73. The summed E-state index contributed by atoms with van der Waals surface area (Å²) in [5.41, 5.74) is 1.37. The van der Waals surface area contributed by atoms with Crippen LogP contribution in [0.15, 0.2) is 49.1 Å². The van der Waals surface area contributed by atoms with E-state index in [0.717, 1.165) is 38.3 Å². The quantitative estimate of drug-likeness (QED) is 0.799. The largest absolute Gasteiger partial charge is 0.496 e. The fourth-order valence-electron chi connectivity index (χ4n) is 3.39. The van der Waals surface area contributed by atoms with E-state index in [9.17, 15) is 0 Å². The third kappa shape index (κ3) is 4.22. The van der Waals surface area contributed by atoms with E-state index < -0.39 is 0 Å². The maximum absolute atomic E-state index is 5.52. The maximum Gasteiger partial charge on any atom is 0.126 e. The number of hydrogen-bond donors (Lipinski definition) is 1. The third-order valence-electron chi connectivity index (χ3n) is 4.48. The van der Waals surface area contributed by atoms with E-state index in [1.807, 2.05) is 6.08 Å². The molecule has 1 atom stereocenters. The number of nitrogens with zero attached hydrogens (tertiary/aromatic N) is 1. The van der Waals surface area contributed by atoms with Gasteiger partial charge in [0.25, 0.3) is 0 Å². The molecule has 1 N–H and O–H groups in total. The minimum absolute atomic E-state index is 0. The van der Waals surface area contributed by atoms with Crippen molar-refractivity contribution < 1.29 is 4.74 Å². The van der Waals surface area contributed by atoms with Gasteiger partial charge >= 0.3 is 0 Å². The topological polar surface area (TPSA) is 24.5 Å². The fourth-order valence-corrected chi connectivity index (χ4v) is 3.39. The van der Waals surface area contributed by atoms with E-state index >= 15 is 0 Å². The van der Waals surface area contributed by atoms with Crippen LogP contribution < -0.4 is 10.1 Å². The van der Waals surface area contributed by atoms with E-state index in [4.69, 9.17) is 4.74 Å². The summed E-state index contributed by atoms with van der Waals surface area (Å²) in [6.45, 7) is 8.25. The SMILES string of the molecule is C=CC[C@H](c1ccc(OC)c2ccccc12)N1CCNCC1.Cl.Cl. The van der Waals surface area contributed by atoms with Crippen LogP contribution in [-0.2, 0) is 0 Å². The summed E-state index contributed by atoms with van der Waals surface area (Å²) in [7, 11) is 1.74. The Labute approximate surface area is 156 Å². The van der Waals surface area contributed by atoms with Gasteiger partial charge in [0.1, 0.15) is 5.75 Å². The summed E-state index contributed by atoms with van der Waals surface area (Å²) in [6.07, 6.45) is 3.00. The summed E-state index contributed by atoms with van der Waals surface area (Å²) in [6, 6.07) is 13.2. The highest BCUT2D eigenvalue weighted by atomic mass is 35.5. The van der Waals surface area contributed by atoms with Gasteiger partial charge in [-0.1, -0.05) is 36.4 Å². The first-order valence-corrected chi connectivity index (χ1v) is 7.96. The molecule has 0 bridgehead atoms. The molecule has 2 aromatic carbocycles. The molecular weight excluding hydrogens is 343 g/mol. The van der Waals surface area contributed by atoms with Crippen LogP contribution in [0.5, 0.6) is 5.75 Å². The lowest BCUT2D eigenvalue weighted by Crippen LogP contribution is -2.45. The molecule has 1 fully saturated rings. The lowest BCUT2D eigenvalue weighted by Gasteiger charge is -2.35. The predicted molar refractivity (Wildman–Crippen MR) is 107 cm³/mol. The van der Waals surface area contributed by atoms with Gasteiger partial charge in [-0.3, -0.25) is 4.90 Å². The van der Waals surface area contributed by atoms with Crippen molar-refractivity contribution in [1.29, 1.82) is 0 Å². The zero-order valence-corrected chi connectivity index (χ0v) is 15.7. The summed E-state index contributed by atoms with van der Waals surface area (Å²) >= 11 is 0. The lowest BCUT2D eigenvalue weighted by atomic mass is 9.94. The Bertz CT molecular complexity index is 657. The van der Waals surface area contributed by atoms with Gasteiger partial charge in [-0.2, -0.15) is 0 Å². The molecule has 3 rings (SSSR count). The molecule has 0 spiro atoms. The van der Waals surface area contributed by atoms with Gasteiger partial charge < -0.3 is 10.1 Å². The summed E-state index contributed by atoms with van der Waals surface area (Å²) in [4.78, 5) is 2.56. The normalized spacial score (nSPS) is 15.9. The average Bonchev–Trinajstić information content (AvgIpc) is 2.60. The minimum Gasteiger partial charge on any atom is -0.496 e. The molecule has 0 saturated carbocycles. The van der Waals surface area contributed by atoms with E-state index in [0.29, 0.717) is 6.04 Å². The number of benzene rings is 2. The number of fused-ring (bicyclic) bond motifs is 1. The van der Waals surface area contributed by atoms with E-state index in [2.05, 4.69) is 53.2 Å². The molecule has 24 heavy (non-hydrogen) atoms. The molecule has 3 nitrogen and oxygen atoms in total. The zero-order valence-electron chi connectivity index (χ0n) is 14.0. The molecule has 1 aliphatic rings. The van der Waals surface area contributed by atoms with Crippen molar-refractivity contribution in [3.63, 3.8) is 0 Å². The zero-order chi connectivity index (χ0) is 15.4. The van der Waals surface area contributed by atoms with Gasteiger partial charge in [0.05, 0.1) is 7.11 Å². The highest BCUT2D eigenvalue weighted by Gasteiger charge is 2.23. The Morgan fingerprint density at radius 1 is 1.12 bits per heavy atom. The number of hydrogen-bond acceptors (Lipinski definition) is 3. The van der Waals surface area contributed by atoms with Crippen molar-refractivity contribution in [3.8, 4) is 5.75 Å². The second-order valence-electron chi connectivity index (χ2n) is 5.73. The Balaban J connectivity index is 0.00000144.